The van der Waals surface area contributed by atoms with Gasteiger partial charge in [0.2, 0.25) is 11.8 Å². The van der Waals surface area contributed by atoms with Gasteiger partial charge in [-0.3, -0.25) is 14.9 Å². The number of rotatable bonds is 9. The fraction of sp³-hybridized carbons (Fsp3) is 0.297. The molecule has 0 spiro atoms. The second-order valence-electron chi connectivity index (χ2n) is 12.2. The molecule has 1 fully saturated rings. The third-order valence-electron chi connectivity index (χ3n) is 8.61. The molecule has 0 saturated carbocycles. The number of carbonyl (C=O) groups is 3. The van der Waals surface area contributed by atoms with Crippen molar-refractivity contribution in [3.05, 3.63) is 113 Å². The minimum atomic E-state index is -1.23. The van der Waals surface area contributed by atoms with Crippen molar-refractivity contribution in [3.8, 4) is 22.9 Å². The lowest BCUT2D eigenvalue weighted by atomic mass is 9.69. The number of aromatic nitrogens is 1. The Bertz CT molecular complexity index is 1790. The van der Waals surface area contributed by atoms with Crippen molar-refractivity contribution in [2.45, 2.75) is 26.4 Å². The molecule has 6 rings (SSSR count). The highest BCUT2D eigenvalue weighted by molar-refractivity contribution is 5.98. The molecule has 1 saturated heterocycles. The number of ether oxygens (including phenoxy) is 3. The maximum atomic E-state index is 15.2. The largest absolute Gasteiger partial charge is 0.435 e. The van der Waals surface area contributed by atoms with E-state index >= 15 is 4.39 Å². The molecule has 0 radical (unpaired) electrons. The number of morpholine rings is 1. The first kappa shape index (κ1) is 32.8. The quantitative estimate of drug-likeness (QED) is 0.224. The standard InChI is InChI=1S/C37H37FN4O6/c1-37(2,35(44)41-36(45)39-17-20-47-23-24-7-4-3-5-8-24)31-27-9-6-10-29(38)32(27)48-33-28(31)15-16-30(40-33)25-11-13-26(14-12-25)34(43)42-18-21-46-22-19-42/h3-16,31H,17-23H2,1-2H3,(H2,39,41,44,45). The number of carbonyl (C=O) groups excluding carboxylic acids is 3. The van der Waals surface area contributed by atoms with E-state index < -0.39 is 29.1 Å². The lowest BCUT2D eigenvalue weighted by Gasteiger charge is -2.37. The second kappa shape index (κ2) is 14.3. The highest BCUT2D eigenvalue weighted by atomic mass is 19.1. The van der Waals surface area contributed by atoms with Crippen molar-refractivity contribution in [1.82, 2.24) is 20.5 Å². The predicted molar refractivity (Wildman–Crippen MR) is 176 cm³/mol. The van der Waals surface area contributed by atoms with Crippen molar-refractivity contribution >= 4 is 17.8 Å². The molecule has 4 aromatic rings. The van der Waals surface area contributed by atoms with E-state index in [4.69, 9.17) is 19.2 Å². The second-order valence-corrected chi connectivity index (χ2v) is 12.2. The molecular formula is C37H37FN4O6. The van der Waals surface area contributed by atoms with Crippen LogP contribution in [0.25, 0.3) is 11.3 Å². The van der Waals surface area contributed by atoms with Crippen molar-refractivity contribution in [1.29, 1.82) is 0 Å². The molecule has 0 bridgehead atoms. The molecule has 48 heavy (non-hydrogen) atoms. The maximum Gasteiger partial charge on any atom is 0.321 e. The number of amides is 4. The van der Waals surface area contributed by atoms with Gasteiger partial charge in [-0.15, -0.1) is 0 Å². The third kappa shape index (κ3) is 7.07. The van der Waals surface area contributed by atoms with Crippen molar-refractivity contribution < 1.29 is 33.0 Å². The van der Waals surface area contributed by atoms with Gasteiger partial charge in [0, 0.05) is 47.8 Å². The zero-order valence-corrected chi connectivity index (χ0v) is 26.8. The summed E-state index contributed by atoms with van der Waals surface area (Å²) in [7, 11) is 0. The average molecular weight is 653 g/mol. The highest BCUT2D eigenvalue weighted by Crippen LogP contribution is 2.52. The van der Waals surface area contributed by atoms with E-state index in [9.17, 15) is 14.4 Å². The molecule has 2 aliphatic rings. The molecule has 4 amide bonds. The van der Waals surface area contributed by atoms with Gasteiger partial charge in [-0.25, -0.2) is 14.2 Å². The molecule has 2 aliphatic heterocycles. The number of nitrogens with one attached hydrogen (secondary N) is 2. The molecule has 248 valence electrons. The van der Waals surface area contributed by atoms with Crippen molar-refractivity contribution in [3.63, 3.8) is 0 Å². The Kier molecular flexibility index (Phi) is 9.79. The van der Waals surface area contributed by atoms with Gasteiger partial charge in [-0.1, -0.05) is 74.5 Å². The summed E-state index contributed by atoms with van der Waals surface area (Å²) in [5, 5.41) is 5.10. The van der Waals surface area contributed by atoms with E-state index in [1.165, 1.54) is 6.07 Å². The number of pyridine rings is 1. The first-order valence-corrected chi connectivity index (χ1v) is 15.9. The van der Waals surface area contributed by atoms with E-state index in [-0.39, 0.29) is 30.7 Å². The normalized spacial score (nSPS) is 15.5. The van der Waals surface area contributed by atoms with Gasteiger partial charge in [0.1, 0.15) is 0 Å². The fourth-order valence-electron chi connectivity index (χ4n) is 5.99. The zero-order valence-electron chi connectivity index (χ0n) is 26.8. The topological polar surface area (TPSA) is 119 Å². The van der Waals surface area contributed by atoms with Crippen LogP contribution in [-0.2, 0) is 20.9 Å². The molecule has 10 nitrogen and oxygen atoms in total. The monoisotopic (exact) mass is 652 g/mol. The van der Waals surface area contributed by atoms with E-state index in [2.05, 4.69) is 10.6 Å². The molecule has 3 heterocycles. The molecule has 2 N–H and O–H groups in total. The Morgan fingerprint density at radius 1 is 0.938 bits per heavy atom. The summed E-state index contributed by atoms with van der Waals surface area (Å²) in [6.07, 6.45) is 0. The predicted octanol–water partition coefficient (Wildman–Crippen LogP) is 5.67. The number of urea groups is 1. The lowest BCUT2D eigenvalue weighted by Crippen LogP contribution is -2.48. The summed E-state index contributed by atoms with van der Waals surface area (Å²) >= 11 is 0. The van der Waals surface area contributed by atoms with Crippen LogP contribution in [0.4, 0.5) is 9.18 Å². The van der Waals surface area contributed by atoms with E-state index in [0.29, 0.717) is 55.3 Å². The zero-order chi connectivity index (χ0) is 33.7. The summed E-state index contributed by atoms with van der Waals surface area (Å²) in [5.74, 6) is -1.76. The lowest BCUT2D eigenvalue weighted by molar-refractivity contribution is -0.128. The van der Waals surface area contributed by atoms with Gasteiger partial charge in [0.15, 0.2) is 11.6 Å². The van der Waals surface area contributed by atoms with Crippen LogP contribution in [0.3, 0.4) is 0 Å². The van der Waals surface area contributed by atoms with Gasteiger partial charge < -0.3 is 24.4 Å². The Balaban J connectivity index is 1.17. The summed E-state index contributed by atoms with van der Waals surface area (Å²) < 4.78 is 32.1. The van der Waals surface area contributed by atoms with Crippen LogP contribution in [0.15, 0.2) is 84.9 Å². The summed E-state index contributed by atoms with van der Waals surface area (Å²) in [5.41, 5.74) is 2.67. The van der Waals surface area contributed by atoms with Crippen LogP contribution >= 0.6 is 0 Å². The highest BCUT2D eigenvalue weighted by Gasteiger charge is 2.45. The Morgan fingerprint density at radius 3 is 2.44 bits per heavy atom. The summed E-state index contributed by atoms with van der Waals surface area (Å²) in [6, 6.07) is 24.3. The van der Waals surface area contributed by atoms with Crippen LogP contribution < -0.4 is 15.4 Å². The van der Waals surface area contributed by atoms with Crippen LogP contribution in [0.5, 0.6) is 11.6 Å². The van der Waals surface area contributed by atoms with Crippen LogP contribution in [0.2, 0.25) is 0 Å². The van der Waals surface area contributed by atoms with Crippen molar-refractivity contribution in [2.24, 2.45) is 5.41 Å². The summed E-state index contributed by atoms with van der Waals surface area (Å²) in [4.78, 5) is 45.7. The van der Waals surface area contributed by atoms with Crippen LogP contribution in [0, 0.1) is 11.2 Å². The number of para-hydroxylation sites is 1. The number of hydrogen-bond acceptors (Lipinski definition) is 7. The van der Waals surface area contributed by atoms with Crippen LogP contribution in [0.1, 0.15) is 46.8 Å². The van der Waals surface area contributed by atoms with Crippen molar-refractivity contribution in [2.75, 3.05) is 39.5 Å². The minimum Gasteiger partial charge on any atom is -0.435 e. The molecule has 1 atom stereocenters. The van der Waals surface area contributed by atoms with Crippen LogP contribution in [-0.4, -0.2) is 67.2 Å². The molecule has 3 aromatic carbocycles. The van der Waals surface area contributed by atoms with E-state index in [0.717, 1.165) is 11.1 Å². The van der Waals surface area contributed by atoms with Gasteiger partial charge in [-0.05, 0) is 29.8 Å². The average Bonchev–Trinajstić information content (AvgIpc) is 3.11. The number of hydrogen-bond donors (Lipinski definition) is 2. The molecule has 0 aliphatic carbocycles. The van der Waals surface area contributed by atoms with Gasteiger partial charge in [0.05, 0.1) is 37.5 Å². The van der Waals surface area contributed by atoms with E-state index in [1.54, 1.807) is 61.2 Å². The number of nitrogens with zero attached hydrogens (tertiary/aromatic N) is 2. The number of imide groups is 1. The minimum absolute atomic E-state index is 0.0213. The maximum absolute atomic E-state index is 15.2. The fourth-order valence-corrected chi connectivity index (χ4v) is 5.99. The first-order valence-electron chi connectivity index (χ1n) is 15.9. The van der Waals surface area contributed by atoms with Gasteiger partial charge in [-0.2, -0.15) is 0 Å². The third-order valence-corrected chi connectivity index (χ3v) is 8.61. The number of halogens is 1. The molecular weight excluding hydrogens is 615 g/mol. The van der Waals surface area contributed by atoms with Gasteiger partial charge in [0.25, 0.3) is 5.91 Å². The Labute approximate surface area is 278 Å². The van der Waals surface area contributed by atoms with Gasteiger partial charge >= 0.3 is 6.03 Å². The number of benzene rings is 3. The Hall–Kier alpha value is -5.13. The first-order chi connectivity index (χ1) is 23.2. The molecule has 1 unspecified atom stereocenters. The SMILES string of the molecule is CC(C)(C(=O)NC(=O)NCCOCc1ccccc1)C1c2ccc(-c3ccc(C(=O)N4CCOCC4)cc3)nc2Oc2c(F)cccc21. The Morgan fingerprint density at radius 2 is 1.69 bits per heavy atom. The smallest absolute Gasteiger partial charge is 0.321 e. The van der Waals surface area contributed by atoms with E-state index in [1.807, 2.05) is 36.4 Å². The number of fused-ring (bicyclic) bond motifs is 2. The summed E-state index contributed by atoms with van der Waals surface area (Å²) in [6.45, 7) is 6.41. The molecule has 11 heteroatoms. The molecule has 1 aromatic heterocycles.